The number of para-hydroxylation sites is 1. The Balaban J connectivity index is 1.88. The summed E-state index contributed by atoms with van der Waals surface area (Å²) >= 11 is 0. The van der Waals surface area contributed by atoms with Gasteiger partial charge in [-0.1, -0.05) is 24.3 Å². The van der Waals surface area contributed by atoms with Crippen molar-refractivity contribution in [3.8, 4) is 5.75 Å². The number of ether oxygens (including phenoxy) is 1. The molecular weight excluding hydrogens is 241 g/mol. The predicted molar refractivity (Wildman–Crippen MR) is 76.2 cm³/mol. The Labute approximate surface area is 113 Å². The Morgan fingerprint density at radius 3 is 2.68 bits per heavy atom. The fraction of sp³-hybridized carbons (Fsp3) is 0.250. The van der Waals surface area contributed by atoms with Gasteiger partial charge in [0, 0.05) is 0 Å². The Morgan fingerprint density at radius 1 is 1.16 bits per heavy atom. The molecule has 0 amide bonds. The summed E-state index contributed by atoms with van der Waals surface area (Å²) in [5.74, 6) is 0.591. The molecule has 0 spiro atoms. The molecule has 1 N–H and O–H groups in total. The van der Waals surface area contributed by atoms with Gasteiger partial charge in [0.2, 0.25) is 0 Å². The van der Waals surface area contributed by atoms with Crippen molar-refractivity contribution in [1.29, 1.82) is 0 Å². The van der Waals surface area contributed by atoms with Crippen molar-refractivity contribution in [1.82, 2.24) is 0 Å². The van der Waals surface area contributed by atoms with Crippen LogP contribution in [0.2, 0.25) is 0 Å². The number of nitrogens with one attached hydrogen (secondary N) is 1. The minimum absolute atomic E-state index is 0.0404. The molecule has 0 aliphatic carbocycles. The standard InChI is InChI=1S/C16H18FNO/c1-12-6-5-7-14(10-12)19-13(2)11-18-16-9-4-3-8-15(16)17/h3-10,13,18H,11H2,1-2H3/t13-/m1/s1. The highest BCUT2D eigenvalue weighted by molar-refractivity contribution is 5.44. The molecule has 2 nitrogen and oxygen atoms in total. The first kappa shape index (κ1) is 13.4. The molecule has 0 bridgehead atoms. The third-order valence-electron chi connectivity index (χ3n) is 2.78. The van der Waals surface area contributed by atoms with E-state index in [1.807, 2.05) is 38.1 Å². The monoisotopic (exact) mass is 259 g/mol. The van der Waals surface area contributed by atoms with Crippen LogP contribution in [0.5, 0.6) is 5.75 Å². The Kier molecular flexibility index (Phi) is 4.39. The highest BCUT2D eigenvalue weighted by atomic mass is 19.1. The van der Waals surface area contributed by atoms with E-state index < -0.39 is 0 Å². The summed E-state index contributed by atoms with van der Waals surface area (Å²) in [6.07, 6.45) is -0.0404. The Morgan fingerprint density at radius 2 is 1.95 bits per heavy atom. The first-order valence-electron chi connectivity index (χ1n) is 6.37. The molecular formula is C16H18FNO. The maximum atomic E-state index is 13.4. The number of anilines is 1. The van der Waals surface area contributed by atoms with Crippen LogP contribution >= 0.6 is 0 Å². The molecule has 0 aliphatic heterocycles. The molecule has 100 valence electrons. The van der Waals surface area contributed by atoms with Gasteiger partial charge in [0.05, 0.1) is 12.2 Å². The average molecular weight is 259 g/mol. The summed E-state index contributed by atoms with van der Waals surface area (Å²) in [5, 5.41) is 3.05. The zero-order valence-corrected chi connectivity index (χ0v) is 11.2. The van der Waals surface area contributed by atoms with Crippen molar-refractivity contribution in [2.75, 3.05) is 11.9 Å². The van der Waals surface area contributed by atoms with E-state index in [0.717, 1.165) is 11.3 Å². The molecule has 0 radical (unpaired) electrons. The van der Waals surface area contributed by atoms with Crippen LogP contribution in [-0.2, 0) is 0 Å². The van der Waals surface area contributed by atoms with Crippen molar-refractivity contribution in [2.24, 2.45) is 0 Å². The normalized spacial score (nSPS) is 11.9. The van der Waals surface area contributed by atoms with Crippen LogP contribution in [0.4, 0.5) is 10.1 Å². The van der Waals surface area contributed by atoms with Crippen LogP contribution < -0.4 is 10.1 Å². The molecule has 0 fully saturated rings. The molecule has 2 aromatic rings. The van der Waals surface area contributed by atoms with E-state index in [9.17, 15) is 4.39 Å². The molecule has 2 aromatic carbocycles. The molecule has 1 atom stereocenters. The summed E-state index contributed by atoms with van der Waals surface area (Å²) < 4.78 is 19.2. The van der Waals surface area contributed by atoms with E-state index in [-0.39, 0.29) is 11.9 Å². The van der Waals surface area contributed by atoms with Crippen LogP contribution in [0.1, 0.15) is 12.5 Å². The van der Waals surface area contributed by atoms with Crippen LogP contribution in [0, 0.1) is 12.7 Å². The lowest BCUT2D eigenvalue weighted by Gasteiger charge is -2.16. The zero-order valence-electron chi connectivity index (χ0n) is 11.2. The van der Waals surface area contributed by atoms with Crippen molar-refractivity contribution in [2.45, 2.75) is 20.0 Å². The number of hydrogen-bond donors (Lipinski definition) is 1. The lowest BCUT2D eigenvalue weighted by Crippen LogP contribution is -2.23. The van der Waals surface area contributed by atoms with E-state index in [0.29, 0.717) is 12.2 Å². The van der Waals surface area contributed by atoms with Crippen molar-refractivity contribution in [3.05, 3.63) is 59.9 Å². The summed E-state index contributed by atoms with van der Waals surface area (Å²) in [7, 11) is 0. The second-order valence-electron chi connectivity index (χ2n) is 4.61. The quantitative estimate of drug-likeness (QED) is 0.875. The lowest BCUT2D eigenvalue weighted by molar-refractivity contribution is 0.234. The molecule has 3 heteroatoms. The minimum atomic E-state index is -0.245. The molecule has 2 rings (SSSR count). The maximum absolute atomic E-state index is 13.4. The second-order valence-corrected chi connectivity index (χ2v) is 4.61. The van der Waals surface area contributed by atoms with E-state index in [2.05, 4.69) is 5.32 Å². The van der Waals surface area contributed by atoms with E-state index >= 15 is 0 Å². The molecule has 0 unspecified atom stereocenters. The predicted octanol–water partition coefficient (Wildman–Crippen LogP) is 4.01. The van der Waals surface area contributed by atoms with Gasteiger partial charge in [-0.3, -0.25) is 0 Å². The number of hydrogen-bond acceptors (Lipinski definition) is 2. The Bertz CT molecular complexity index is 542. The maximum Gasteiger partial charge on any atom is 0.146 e. The van der Waals surface area contributed by atoms with Crippen molar-refractivity contribution in [3.63, 3.8) is 0 Å². The van der Waals surface area contributed by atoms with Gasteiger partial charge in [-0.25, -0.2) is 4.39 Å². The number of halogens is 1. The summed E-state index contributed by atoms with van der Waals surface area (Å²) in [6.45, 7) is 4.53. The highest BCUT2D eigenvalue weighted by Gasteiger charge is 2.06. The van der Waals surface area contributed by atoms with E-state index in [4.69, 9.17) is 4.74 Å². The van der Waals surface area contributed by atoms with E-state index in [1.165, 1.54) is 6.07 Å². The SMILES string of the molecule is Cc1cccc(O[C@H](C)CNc2ccccc2F)c1. The fourth-order valence-electron chi connectivity index (χ4n) is 1.82. The number of benzene rings is 2. The van der Waals surface area contributed by atoms with Crippen LogP contribution in [0.15, 0.2) is 48.5 Å². The largest absolute Gasteiger partial charge is 0.489 e. The van der Waals surface area contributed by atoms with Gasteiger partial charge in [-0.15, -0.1) is 0 Å². The van der Waals surface area contributed by atoms with Gasteiger partial charge >= 0.3 is 0 Å². The summed E-state index contributed by atoms with van der Waals surface area (Å²) in [4.78, 5) is 0. The minimum Gasteiger partial charge on any atom is -0.489 e. The topological polar surface area (TPSA) is 21.3 Å². The second kappa shape index (κ2) is 6.23. The average Bonchev–Trinajstić information content (AvgIpc) is 2.38. The number of rotatable bonds is 5. The molecule has 0 saturated carbocycles. The first-order valence-corrected chi connectivity index (χ1v) is 6.37. The van der Waals surface area contributed by atoms with Crippen LogP contribution in [-0.4, -0.2) is 12.6 Å². The zero-order chi connectivity index (χ0) is 13.7. The molecule has 0 saturated heterocycles. The Hall–Kier alpha value is -2.03. The van der Waals surface area contributed by atoms with Gasteiger partial charge in [0.25, 0.3) is 0 Å². The van der Waals surface area contributed by atoms with Crippen LogP contribution in [0.3, 0.4) is 0 Å². The lowest BCUT2D eigenvalue weighted by atomic mass is 10.2. The van der Waals surface area contributed by atoms with Gasteiger partial charge < -0.3 is 10.1 Å². The third kappa shape index (κ3) is 3.98. The molecule has 0 heterocycles. The molecule has 0 aliphatic rings. The number of aryl methyl sites for hydroxylation is 1. The van der Waals surface area contributed by atoms with E-state index in [1.54, 1.807) is 18.2 Å². The van der Waals surface area contributed by atoms with Crippen molar-refractivity contribution < 1.29 is 9.13 Å². The van der Waals surface area contributed by atoms with Gasteiger partial charge in [0.15, 0.2) is 0 Å². The highest BCUT2D eigenvalue weighted by Crippen LogP contribution is 2.16. The fourth-order valence-corrected chi connectivity index (χ4v) is 1.82. The molecule has 19 heavy (non-hydrogen) atoms. The summed E-state index contributed by atoms with van der Waals surface area (Å²) in [5.41, 5.74) is 1.66. The molecule has 0 aromatic heterocycles. The summed E-state index contributed by atoms with van der Waals surface area (Å²) in [6, 6.07) is 14.5. The van der Waals surface area contributed by atoms with Gasteiger partial charge in [-0.05, 0) is 43.7 Å². The van der Waals surface area contributed by atoms with Gasteiger partial charge in [-0.2, -0.15) is 0 Å². The smallest absolute Gasteiger partial charge is 0.146 e. The van der Waals surface area contributed by atoms with Crippen LogP contribution in [0.25, 0.3) is 0 Å². The third-order valence-corrected chi connectivity index (χ3v) is 2.78. The first-order chi connectivity index (χ1) is 9.15. The van der Waals surface area contributed by atoms with Crippen molar-refractivity contribution >= 4 is 5.69 Å². The van der Waals surface area contributed by atoms with Gasteiger partial charge in [0.1, 0.15) is 17.7 Å².